The van der Waals surface area contributed by atoms with E-state index >= 15 is 0 Å². The van der Waals surface area contributed by atoms with Gasteiger partial charge in [-0.25, -0.2) is 13.6 Å². The molecule has 0 aliphatic carbocycles. The van der Waals surface area contributed by atoms with E-state index < -0.39 is 10.0 Å². The molecular formula is C10H16N4O2S. The lowest BCUT2D eigenvalue weighted by molar-refractivity contribution is 0.588. The van der Waals surface area contributed by atoms with Crippen LogP contribution in [-0.4, -0.2) is 34.6 Å². The average molecular weight is 256 g/mol. The Morgan fingerprint density at radius 3 is 2.41 bits per heavy atom. The van der Waals surface area contributed by atoms with Crippen molar-refractivity contribution in [2.45, 2.75) is 4.90 Å². The summed E-state index contributed by atoms with van der Waals surface area (Å²) >= 11 is 0. The summed E-state index contributed by atoms with van der Waals surface area (Å²) in [7, 11) is -3.71. The standard InChI is InChI=1S/C10H16N4O2S/c11-8-5-9(14-3-1-13-2-4-14)7-10(6-8)17(12,15)16/h5-7,13H,1-4,11H2,(H2,12,15,16). The second kappa shape index (κ2) is 4.52. The maximum absolute atomic E-state index is 11.3. The average Bonchev–Trinajstić information content (AvgIpc) is 2.28. The summed E-state index contributed by atoms with van der Waals surface area (Å²) in [5, 5.41) is 8.34. The highest BCUT2D eigenvalue weighted by Gasteiger charge is 2.15. The van der Waals surface area contributed by atoms with Gasteiger partial charge in [0.25, 0.3) is 0 Å². The van der Waals surface area contributed by atoms with Gasteiger partial charge in [-0.3, -0.25) is 0 Å². The number of nitrogen functional groups attached to an aromatic ring is 1. The molecule has 0 bridgehead atoms. The van der Waals surface area contributed by atoms with Crippen LogP contribution in [0.4, 0.5) is 11.4 Å². The number of hydrogen-bond donors (Lipinski definition) is 3. The Kier molecular flexibility index (Phi) is 3.23. The lowest BCUT2D eigenvalue weighted by atomic mass is 10.2. The second-order valence-corrected chi connectivity index (χ2v) is 5.60. The molecule has 2 rings (SSSR count). The lowest BCUT2D eigenvalue weighted by Crippen LogP contribution is -2.43. The highest BCUT2D eigenvalue weighted by molar-refractivity contribution is 7.89. The van der Waals surface area contributed by atoms with Crippen molar-refractivity contribution in [1.82, 2.24) is 5.32 Å². The zero-order valence-corrected chi connectivity index (χ0v) is 10.2. The Morgan fingerprint density at radius 2 is 1.82 bits per heavy atom. The van der Waals surface area contributed by atoms with Crippen molar-refractivity contribution in [3.05, 3.63) is 18.2 Å². The topological polar surface area (TPSA) is 101 Å². The molecule has 0 aromatic heterocycles. The predicted molar refractivity (Wildman–Crippen MR) is 67.3 cm³/mol. The number of benzene rings is 1. The van der Waals surface area contributed by atoms with Crippen LogP contribution in [0.5, 0.6) is 0 Å². The summed E-state index contributed by atoms with van der Waals surface area (Å²) in [6.45, 7) is 3.40. The third kappa shape index (κ3) is 2.87. The molecule has 1 fully saturated rings. The highest BCUT2D eigenvalue weighted by Crippen LogP contribution is 2.23. The van der Waals surface area contributed by atoms with Crippen LogP contribution >= 0.6 is 0 Å². The molecule has 0 spiro atoms. The van der Waals surface area contributed by atoms with E-state index in [1.165, 1.54) is 6.07 Å². The fraction of sp³-hybridized carbons (Fsp3) is 0.400. The monoisotopic (exact) mass is 256 g/mol. The van der Waals surface area contributed by atoms with Crippen LogP contribution in [0.15, 0.2) is 23.1 Å². The van der Waals surface area contributed by atoms with Crippen LogP contribution in [0.25, 0.3) is 0 Å². The minimum atomic E-state index is -3.71. The summed E-state index contributed by atoms with van der Waals surface area (Å²) in [6.07, 6.45) is 0. The number of anilines is 2. The highest BCUT2D eigenvalue weighted by atomic mass is 32.2. The molecule has 0 saturated carbocycles. The smallest absolute Gasteiger partial charge is 0.238 e. The maximum atomic E-state index is 11.3. The fourth-order valence-electron chi connectivity index (χ4n) is 1.88. The number of sulfonamides is 1. The van der Waals surface area contributed by atoms with Gasteiger partial charge in [0.1, 0.15) is 0 Å². The zero-order chi connectivity index (χ0) is 12.5. The third-order valence-electron chi connectivity index (χ3n) is 2.72. The van der Waals surface area contributed by atoms with Crippen LogP contribution in [0, 0.1) is 0 Å². The Bertz CT molecular complexity index is 509. The largest absolute Gasteiger partial charge is 0.399 e. The summed E-state index contributed by atoms with van der Waals surface area (Å²) < 4.78 is 22.6. The van der Waals surface area contributed by atoms with Gasteiger partial charge in [-0.15, -0.1) is 0 Å². The van der Waals surface area contributed by atoms with E-state index in [-0.39, 0.29) is 4.90 Å². The van der Waals surface area contributed by atoms with Crippen LogP contribution < -0.4 is 21.1 Å². The lowest BCUT2D eigenvalue weighted by Gasteiger charge is -2.29. The Balaban J connectivity index is 2.37. The molecule has 1 aliphatic rings. The molecule has 0 radical (unpaired) electrons. The van der Waals surface area contributed by atoms with Gasteiger partial charge in [0, 0.05) is 37.6 Å². The number of nitrogens with two attached hydrogens (primary N) is 2. The number of nitrogens with one attached hydrogen (secondary N) is 1. The first kappa shape index (κ1) is 12.2. The van der Waals surface area contributed by atoms with E-state index in [0.717, 1.165) is 31.9 Å². The van der Waals surface area contributed by atoms with E-state index in [0.29, 0.717) is 5.69 Å². The van der Waals surface area contributed by atoms with Crippen molar-refractivity contribution in [2.24, 2.45) is 5.14 Å². The molecule has 1 heterocycles. The van der Waals surface area contributed by atoms with Crippen LogP contribution in [0.1, 0.15) is 0 Å². The van der Waals surface area contributed by atoms with Crippen molar-refractivity contribution in [3.8, 4) is 0 Å². The molecule has 1 aromatic rings. The predicted octanol–water partition coefficient (Wildman–Crippen LogP) is -0.674. The summed E-state index contributed by atoms with van der Waals surface area (Å²) in [5.41, 5.74) is 6.91. The van der Waals surface area contributed by atoms with Gasteiger partial charge in [-0.2, -0.15) is 0 Å². The van der Waals surface area contributed by atoms with E-state index in [9.17, 15) is 8.42 Å². The molecule has 6 nitrogen and oxygen atoms in total. The Morgan fingerprint density at radius 1 is 1.18 bits per heavy atom. The van der Waals surface area contributed by atoms with Gasteiger partial charge in [-0.05, 0) is 18.2 Å². The summed E-state index contributed by atoms with van der Waals surface area (Å²) in [5.74, 6) is 0. The molecule has 1 aliphatic heterocycles. The van der Waals surface area contributed by atoms with Gasteiger partial charge >= 0.3 is 0 Å². The van der Waals surface area contributed by atoms with Crippen molar-refractivity contribution in [1.29, 1.82) is 0 Å². The number of nitrogens with zero attached hydrogens (tertiary/aromatic N) is 1. The molecule has 17 heavy (non-hydrogen) atoms. The van der Waals surface area contributed by atoms with Gasteiger partial charge < -0.3 is 16.0 Å². The number of hydrogen-bond acceptors (Lipinski definition) is 5. The molecular weight excluding hydrogens is 240 g/mol. The van der Waals surface area contributed by atoms with E-state index in [4.69, 9.17) is 10.9 Å². The summed E-state index contributed by atoms with van der Waals surface area (Å²) in [6, 6.07) is 4.71. The van der Waals surface area contributed by atoms with Crippen LogP contribution in [-0.2, 0) is 10.0 Å². The summed E-state index contributed by atoms with van der Waals surface area (Å²) in [4.78, 5) is 2.15. The quantitative estimate of drug-likeness (QED) is 0.609. The normalized spacial score (nSPS) is 17.1. The van der Waals surface area contributed by atoms with Crippen LogP contribution in [0.2, 0.25) is 0 Å². The molecule has 7 heteroatoms. The molecule has 1 saturated heterocycles. The van der Waals surface area contributed by atoms with Gasteiger partial charge in [-0.1, -0.05) is 0 Å². The van der Waals surface area contributed by atoms with Gasteiger partial charge in [0.05, 0.1) is 4.90 Å². The number of piperazine rings is 1. The molecule has 5 N–H and O–H groups in total. The van der Waals surface area contributed by atoms with E-state index in [1.54, 1.807) is 12.1 Å². The van der Waals surface area contributed by atoms with Gasteiger partial charge in [0.15, 0.2) is 0 Å². The maximum Gasteiger partial charge on any atom is 0.238 e. The van der Waals surface area contributed by atoms with E-state index in [2.05, 4.69) is 10.2 Å². The van der Waals surface area contributed by atoms with Crippen LogP contribution in [0.3, 0.4) is 0 Å². The van der Waals surface area contributed by atoms with Gasteiger partial charge in [0.2, 0.25) is 10.0 Å². The first-order valence-corrected chi connectivity index (χ1v) is 6.90. The first-order valence-electron chi connectivity index (χ1n) is 5.36. The Hall–Kier alpha value is -1.31. The zero-order valence-electron chi connectivity index (χ0n) is 9.39. The van der Waals surface area contributed by atoms with Crippen molar-refractivity contribution >= 4 is 21.4 Å². The Labute approximate surface area is 101 Å². The molecule has 0 unspecified atom stereocenters. The number of primary sulfonamides is 1. The SMILES string of the molecule is Nc1cc(N2CCNCC2)cc(S(N)(=O)=O)c1. The fourth-order valence-corrected chi connectivity index (χ4v) is 2.46. The number of rotatable bonds is 2. The second-order valence-electron chi connectivity index (χ2n) is 4.04. The van der Waals surface area contributed by atoms with Crippen molar-refractivity contribution in [3.63, 3.8) is 0 Å². The van der Waals surface area contributed by atoms with E-state index in [1.807, 2.05) is 0 Å². The minimum absolute atomic E-state index is 0.0611. The third-order valence-corrected chi connectivity index (χ3v) is 3.62. The molecule has 1 aromatic carbocycles. The molecule has 0 amide bonds. The first-order chi connectivity index (χ1) is 7.97. The van der Waals surface area contributed by atoms with Crippen molar-refractivity contribution < 1.29 is 8.42 Å². The van der Waals surface area contributed by atoms with Crippen molar-refractivity contribution in [2.75, 3.05) is 36.8 Å². The molecule has 94 valence electrons. The minimum Gasteiger partial charge on any atom is -0.399 e. The molecule has 0 atom stereocenters.